The van der Waals surface area contributed by atoms with Gasteiger partial charge >= 0.3 is 5.97 Å². The van der Waals surface area contributed by atoms with Gasteiger partial charge in [-0.15, -0.1) is 0 Å². The molecule has 1 amide bonds. The summed E-state index contributed by atoms with van der Waals surface area (Å²) in [5, 5.41) is 17.9. The van der Waals surface area contributed by atoms with Gasteiger partial charge in [-0.1, -0.05) is 6.92 Å². The van der Waals surface area contributed by atoms with Gasteiger partial charge in [0.05, 0.1) is 17.2 Å². The van der Waals surface area contributed by atoms with Crippen LogP contribution in [0.25, 0.3) is 0 Å². The van der Waals surface area contributed by atoms with Crippen molar-refractivity contribution in [2.75, 3.05) is 13.1 Å². The van der Waals surface area contributed by atoms with Crippen LogP contribution in [0, 0.1) is 30.1 Å². The molecule has 1 fully saturated rings. The normalized spacial score (nSPS) is 21.6. The molecule has 1 saturated heterocycles. The molecule has 0 bridgehead atoms. The number of aliphatic carboxylic acids is 1. The molecule has 0 spiro atoms. The predicted octanol–water partition coefficient (Wildman–Crippen LogP) is 1.05. The Morgan fingerprint density at radius 2 is 2.15 bits per heavy atom. The van der Waals surface area contributed by atoms with Crippen LogP contribution in [-0.4, -0.2) is 40.0 Å². The van der Waals surface area contributed by atoms with E-state index in [-0.39, 0.29) is 24.1 Å². The van der Waals surface area contributed by atoms with Gasteiger partial charge in [0.25, 0.3) is 5.91 Å². The van der Waals surface area contributed by atoms with Crippen molar-refractivity contribution < 1.29 is 14.7 Å². The van der Waals surface area contributed by atoms with Crippen molar-refractivity contribution in [1.29, 1.82) is 5.26 Å². The van der Waals surface area contributed by atoms with Gasteiger partial charge in [-0.2, -0.15) is 5.26 Å². The zero-order valence-corrected chi connectivity index (χ0v) is 11.3. The Kier molecular flexibility index (Phi) is 3.70. The molecule has 1 aliphatic rings. The minimum atomic E-state index is -0.878. The second kappa shape index (κ2) is 5.29. The summed E-state index contributed by atoms with van der Waals surface area (Å²) in [6, 6.07) is 5.06. The minimum absolute atomic E-state index is 0.0732. The van der Waals surface area contributed by atoms with E-state index in [9.17, 15) is 9.59 Å². The van der Waals surface area contributed by atoms with Crippen LogP contribution >= 0.6 is 0 Å². The molecule has 0 saturated carbocycles. The van der Waals surface area contributed by atoms with Crippen LogP contribution in [0.4, 0.5) is 0 Å². The van der Waals surface area contributed by atoms with Gasteiger partial charge < -0.3 is 10.0 Å². The molecule has 6 heteroatoms. The first-order valence-corrected chi connectivity index (χ1v) is 6.34. The van der Waals surface area contributed by atoms with Crippen LogP contribution in [0.3, 0.4) is 0 Å². The molecule has 2 rings (SSSR count). The molecule has 0 aliphatic carbocycles. The van der Waals surface area contributed by atoms with Crippen molar-refractivity contribution in [2.24, 2.45) is 11.8 Å². The highest BCUT2D eigenvalue weighted by molar-refractivity contribution is 5.93. The Morgan fingerprint density at radius 3 is 2.65 bits per heavy atom. The smallest absolute Gasteiger partial charge is 0.308 e. The number of aryl methyl sites for hydroxylation is 1. The summed E-state index contributed by atoms with van der Waals surface area (Å²) in [5.74, 6) is -1.76. The number of pyridine rings is 1. The van der Waals surface area contributed by atoms with Crippen molar-refractivity contribution in [1.82, 2.24) is 9.88 Å². The number of carbonyl (C=O) groups is 2. The van der Waals surface area contributed by atoms with Gasteiger partial charge in [0.2, 0.25) is 0 Å². The van der Waals surface area contributed by atoms with Gasteiger partial charge in [0.1, 0.15) is 11.8 Å². The summed E-state index contributed by atoms with van der Waals surface area (Å²) in [4.78, 5) is 29.0. The molecule has 1 N–H and O–H groups in total. The van der Waals surface area contributed by atoms with Gasteiger partial charge in [-0.3, -0.25) is 9.59 Å². The number of aromatic nitrogens is 1. The zero-order chi connectivity index (χ0) is 14.9. The Morgan fingerprint density at radius 1 is 1.45 bits per heavy atom. The molecule has 0 radical (unpaired) electrons. The Hall–Kier alpha value is -2.42. The first-order chi connectivity index (χ1) is 9.43. The lowest BCUT2D eigenvalue weighted by Crippen LogP contribution is -2.30. The summed E-state index contributed by atoms with van der Waals surface area (Å²) in [6.07, 6.45) is 0. The van der Waals surface area contributed by atoms with Crippen molar-refractivity contribution in [3.8, 4) is 6.07 Å². The molecule has 1 aromatic heterocycles. The molecular formula is C14H15N3O3. The molecule has 6 nitrogen and oxygen atoms in total. The van der Waals surface area contributed by atoms with E-state index in [1.807, 2.05) is 13.0 Å². The van der Waals surface area contributed by atoms with Crippen molar-refractivity contribution >= 4 is 11.9 Å². The maximum Gasteiger partial charge on any atom is 0.308 e. The molecule has 2 atom stereocenters. The molecule has 104 valence electrons. The first-order valence-electron chi connectivity index (χ1n) is 6.34. The lowest BCUT2D eigenvalue weighted by molar-refractivity contribution is -0.142. The van der Waals surface area contributed by atoms with Crippen LogP contribution in [0.15, 0.2) is 12.1 Å². The highest BCUT2D eigenvalue weighted by atomic mass is 16.4. The molecule has 0 aromatic carbocycles. The summed E-state index contributed by atoms with van der Waals surface area (Å²) in [5.41, 5.74) is 1.18. The third-order valence-corrected chi connectivity index (χ3v) is 3.64. The fourth-order valence-electron chi connectivity index (χ4n) is 2.41. The summed E-state index contributed by atoms with van der Waals surface area (Å²) in [6.45, 7) is 4.11. The van der Waals surface area contributed by atoms with Gasteiger partial charge in [0, 0.05) is 13.1 Å². The van der Waals surface area contributed by atoms with E-state index in [4.69, 9.17) is 10.4 Å². The topological polar surface area (TPSA) is 94.3 Å². The highest BCUT2D eigenvalue weighted by Gasteiger charge is 2.37. The fourth-order valence-corrected chi connectivity index (χ4v) is 2.41. The van der Waals surface area contributed by atoms with E-state index >= 15 is 0 Å². The van der Waals surface area contributed by atoms with E-state index < -0.39 is 11.9 Å². The SMILES string of the molecule is Cc1nc(C(=O)N2C[C@@H](C)[C@H](C(=O)O)C2)ccc1C#N. The molecule has 0 unspecified atom stereocenters. The molecular weight excluding hydrogens is 258 g/mol. The number of amides is 1. The third kappa shape index (κ3) is 2.48. The Bertz CT molecular complexity index is 606. The van der Waals surface area contributed by atoms with Crippen LogP contribution in [0.2, 0.25) is 0 Å². The van der Waals surface area contributed by atoms with Crippen LogP contribution in [0.1, 0.15) is 28.7 Å². The van der Waals surface area contributed by atoms with E-state index in [0.29, 0.717) is 17.8 Å². The fraction of sp³-hybridized carbons (Fsp3) is 0.429. The van der Waals surface area contributed by atoms with Crippen molar-refractivity contribution in [3.05, 3.63) is 29.1 Å². The maximum atomic E-state index is 12.3. The number of carboxylic acid groups (broad SMARTS) is 1. The molecule has 1 aromatic rings. The lowest BCUT2D eigenvalue weighted by atomic mass is 9.99. The maximum absolute atomic E-state index is 12.3. The standard InChI is InChI=1S/C14H15N3O3/c1-8-6-17(7-11(8)14(19)20)13(18)12-4-3-10(5-15)9(2)16-12/h3-4,8,11H,6-7H2,1-2H3,(H,19,20)/t8-,11-/m1/s1. The number of carbonyl (C=O) groups excluding carboxylic acids is 1. The summed E-state index contributed by atoms with van der Waals surface area (Å²) >= 11 is 0. The monoisotopic (exact) mass is 273 g/mol. The Balaban J connectivity index is 2.19. The average molecular weight is 273 g/mol. The number of carboxylic acids is 1. The first kappa shape index (κ1) is 14.0. The van der Waals surface area contributed by atoms with Gasteiger partial charge in [-0.05, 0) is 25.0 Å². The number of nitriles is 1. The number of rotatable bonds is 2. The van der Waals surface area contributed by atoms with Crippen LogP contribution in [0.5, 0.6) is 0 Å². The van der Waals surface area contributed by atoms with Crippen molar-refractivity contribution in [2.45, 2.75) is 13.8 Å². The predicted molar refractivity (Wildman–Crippen MR) is 69.9 cm³/mol. The van der Waals surface area contributed by atoms with Crippen LogP contribution < -0.4 is 0 Å². The van der Waals surface area contributed by atoms with E-state index in [0.717, 1.165) is 0 Å². The number of hydrogen-bond acceptors (Lipinski definition) is 4. The second-order valence-electron chi connectivity index (χ2n) is 5.07. The summed E-state index contributed by atoms with van der Waals surface area (Å²) in [7, 11) is 0. The number of likely N-dealkylation sites (tertiary alicyclic amines) is 1. The number of nitrogens with zero attached hydrogens (tertiary/aromatic N) is 3. The van der Waals surface area contributed by atoms with E-state index in [1.54, 1.807) is 13.0 Å². The largest absolute Gasteiger partial charge is 0.481 e. The molecule has 1 aliphatic heterocycles. The zero-order valence-electron chi connectivity index (χ0n) is 11.3. The quantitative estimate of drug-likeness (QED) is 0.869. The van der Waals surface area contributed by atoms with E-state index in [1.165, 1.54) is 11.0 Å². The molecule has 2 heterocycles. The molecule has 20 heavy (non-hydrogen) atoms. The second-order valence-corrected chi connectivity index (χ2v) is 5.07. The van der Waals surface area contributed by atoms with Crippen LogP contribution in [-0.2, 0) is 4.79 Å². The minimum Gasteiger partial charge on any atom is -0.481 e. The van der Waals surface area contributed by atoms with Crippen molar-refractivity contribution in [3.63, 3.8) is 0 Å². The lowest BCUT2D eigenvalue weighted by Gasteiger charge is -2.15. The summed E-state index contributed by atoms with van der Waals surface area (Å²) < 4.78 is 0. The third-order valence-electron chi connectivity index (χ3n) is 3.64. The average Bonchev–Trinajstić information content (AvgIpc) is 2.80. The number of hydrogen-bond donors (Lipinski definition) is 1. The van der Waals surface area contributed by atoms with Gasteiger partial charge in [-0.25, -0.2) is 4.98 Å². The Labute approximate surface area is 116 Å². The highest BCUT2D eigenvalue weighted by Crippen LogP contribution is 2.24. The van der Waals surface area contributed by atoms with Gasteiger partial charge in [0.15, 0.2) is 0 Å². The van der Waals surface area contributed by atoms with E-state index in [2.05, 4.69) is 4.98 Å².